The third-order valence-corrected chi connectivity index (χ3v) is 5.34. The van der Waals surface area contributed by atoms with E-state index in [9.17, 15) is 9.18 Å². The quantitative estimate of drug-likeness (QED) is 0.604. The minimum Gasteiger partial charge on any atom is -0.322 e. The van der Waals surface area contributed by atoms with Gasteiger partial charge in [0, 0.05) is 6.54 Å². The first-order valence-electron chi connectivity index (χ1n) is 8.91. The van der Waals surface area contributed by atoms with Crippen LogP contribution in [0.5, 0.6) is 0 Å². The van der Waals surface area contributed by atoms with E-state index in [-0.39, 0.29) is 48.8 Å². The zero-order chi connectivity index (χ0) is 18.8. The molecule has 0 radical (unpaired) electrons. The van der Waals surface area contributed by atoms with E-state index in [2.05, 4.69) is 15.6 Å². The Morgan fingerprint density at radius 3 is 2.86 bits per heavy atom. The number of benzene rings is 2. The molecule has 0 saturated heterocycles. The molecule has 9 heteroatoms. The van der Waals surface area contributed by atoms with Crippen molar-refractivity contribution >= 4 is 59.2 Å². The van der Waals surface area contributed by atoms with Crippen molar-refractivity contribution in [2.45, 2.75) is 25.3 Å². The van der Waals surface area contributed by atoms with Gasteiger partial charge in [0.15, 0.2) is 0 Å². The maximum absolute atomic E-state index is 14.8. The molecule has 1 aliphatic rings. The van der Waals surface area contributed by atoms with E-state index in [0.717, 1.165) is 29.0 Å². The molecule has 0 fully saturated rings. The summed E-state index contributed by atoms with van der Waals surface area (Å²) in [5.41, 5.74) is 3.68. The molecule has 2 N–H and O–H groups in total. The van der Waals surface area contributed by atoms with Gasteiger partial charge >= 0.3 is 0 Å². The molecule has 0 saturated carbocycles. The minimum absolute atomic E-state index is 0. The zero-order valence-electron chi connectivity index (χ0n) is 15.9. The summed E-state index contributed by atoms with van der Waals surface area (Å²) in [5.74, 6) is 0.980. The lowest BCUT2D eigenvalue weighted by Crippen LogP contribution is -2.26. The van der Waals surface area contributed by atoms with Crippen molar-refractivity contribution in [1.29, 1.82) is 0 Å². The number of para-hydroxylation sites is 2. The molecule has 1 aliphatic heterocycles. The normalized spacial score (nSPS) is 12.6. The fourth-order valence-corrected chi connectivity index (χ4v) is 3.98. The molecule has 4 rings (SSSR count). The van der Waals surface area contributed by atoms with Crippen LogP contribution in [-0.2, 0) is 30.1 Å². The summed E-state index contributed by atoms with van der Waals surface area (Å²) < 4.78 is 16.7. The highest BCUT2D eigenvalue weighted by Crippen LogP contribution is 2.25. The van der Waals surface area contributed by atoms with Crippen molar-refractivity contribution in [1.82, 2.24) is 14.9 Å². The Morgan fingerprint density at radius 2 is 2.07 bits per heavy atom. The van der Waals surface area contributed by atoms with Crippen LogP contribution in [0.3, 0.4) is 0 Å². The molecule has 156 valence electrons. The Bertz CT molecular complexity index is 1010. The number of thioether (sulfide) groups is 1. The predicted molar refractivity (Wildman–Crippen MR) is 122 cm³/mol. The average molecular weight is 457 g/mol. The predicted octanol–water partition coefficient (Wildman–Crippen LogP) is 4.17. The molecule has 1 aromatic heterocycles. The fourth-order valence-electron chi connectivity index (χ4n) is 3.50. The van der Waals surface area contributed by atoms with Crippen molar-refractivity contribution in [3.63, 3.8) is 0 Å². The van der Waals surface area contributed by atoms with Crippen LogP contribution in [0.25, 0.3) is 11.0 Å². The maximum Gasteiger partial charge on any atom is 0.244 e. The molecule has 0 bridgehead atoms. The number of nitrogens with one attached hydrogen (secondary N) is 2. The molecule has 0 atom stereocenters. The van der Waals surface area contributed by atoms with E-state index in [4.69, 9.17) is 0 Å². The smallest absolute Gasteiger partial charge is 0.244 e. The van der Waals surface area contributed by atoms with Crippen LogP contribution < -0.4 is 10.6 Å². The summed E-state index contributed by atoms with van der Waals surface area (Å²) in [4.78, 5) is 17.3. The lowest BCUT2D eigenvalue weighted by atomic mass is 9.99. The molecule has 1 amide bonds. The monoisotopic (exact) mass is 456 g/mol. The number of rotatable bonds is 5. The lowest BCUT2D eigenvalue weighted by Gasteiger charge is -2.19. The second-order valence-corrected chi connectivity index (χ2v) is 7.44. The van der Waals surface area contributed by atoms with Crippen molar-refractivity contribution in [3.05, 3.63) is 59.2 Å². The number of amides is 1. The number of anilines is 1. The maximum atomic E-state index is 14.8. The third kappa shape index (κ3) is 4.86. The first-order chi connectivity index (χ1) is 13.2. The molecular weight excluding hydrogens is 434 g/mol. The van der Waals surface area contributed by atoms with Crippen molar-refractivity contribution in [2.24, 2.45) is 0 Å². The van der Waals surface area contributed by atoms with Crippen LogP contribution in [0.4, 0.5) is 10.1 Å². The van der Waals surface area contributed by atoms with Gasteiger partial charge in [-0.25, -0.2) is 9.37 Å². The van der Waals surface area contributed by atoms with Gasteiger partial charge in [-0.1, -0.05) is 18.2 Å². The zero-order valence-corrected chi connectivity index (χ0v) is 18.4. The Labute approximate surface area is 185 Å². The Kier molecular flexibility index (Phi) is 8.34. The van der Waals surface area contributed by atoms with Gasteiger partial charge in [-0.3, -0.25) is 4.79 Å². The van der Waals surface area contributed by atoms with Gasteiger partial charge in [-0.2, -0.15) is 11.8 Å². The Balaban J connectivity index is 0.00000150. The summed E-state index contributed by atoms with van der Waals surface area (Å²) in [7, 11) is 0. The fraction of sp³-hybridized carbons (Fsp3) is 0.300. The summed E-state index contributed by atoms with van der Waals surface area (Å²) >= 11 is 1.65. The van der Waals surface area contributed by atoms with Crippen LogP contribution in [0.1, 0.15) is 17.0 Å². The molecule has 5 nitrogen and oxygen atoms in total. The summed E-state index contributed by atoms with van der Waals surface area (Å²) in [6.07, 6.45) is 2.63. The van der Waals surface area contributed by atoms with Crippen molar-refractivity contribution in [2.75, 3.05) is 18.1 Å². The number of halogens is 3. The summed E-state index contributed by atoms with van der Waals surface area (Å²) in [5, 5.41) is 5.97. The average Bonchev–Trinajstić information content (AvgIpc) is 3.02. The number of hydrogen-bond donors (Lipinski definition) is 2. The second-order valence-electron chi connectivity index (χ2n) is 6.58. The minimum atomic E-state index is -0.317. The van der Waals surface area contributed by atoms with Gasteiger partial charge in [-0.05, 0) is 48.5 Å². The number of fused-ring (bicyclic) bond motifs is 2. The standard InChI is InChI=1S/C20H21FN4OS.2ClH/c1-27-12-18-23-15-4-2-3-5-17(15)25(18)11-19(26)24-16-7-6-13-10-22-9-8-14(13)20(16)21;;/h2-7,22H,8-12H2,1H3,(H,24,26);2*1H. The molecule has 3 aromatic rings. The topological polar surface area (TPSA) is 59.0 Å². The number of carbonyl (C=O) groups is 1. The number of aromatic nitrogens is 2. The molecule has 0 spiro atoms. The van der Waals surface area contributed by atoms with Crippen LogP contribution in [0, 0.1) is 5.82 Å². The number of hydrogen-bond acceptors (Lipinski definition) is 4. The van der Waals surface area contributed by atoms with Crippen LogP contribution in [0.15, 0.2) is 36.4 Å². The van der Waals surface area contributed by atoms with Gasteiger partial charge in [-0.15, -0.1) is 24.8 Å². The van der Waals surface area contributed by atoms with E-state index in [0.29, 0.717) is 24.3 Å². The highest BCUT2D eigenvalue weighted by molar-refractivity contribution is 7.97. The summed E-state index contributed by atoms with van der Waals surface area (Å²) in [6.45, 7) is 1.52. The van der Waals surface area contributed by atoms with E-state index in [1.807, 2.05) is 41.2 Å². The molecule has 2 heterocycles. The van der Waals surface area contributed by atoms with E-state index >= 15 is 0 Å². The van der Waals surface area contributed by atoms with Crippen LogP contribution in [-0.4, -0.2) is 28.3 Å². The van der Waals surface area contributed by atoms with Gasteiger partial charge < -0.3 is 15.2 Å². The highest BCUT2D eigenvalue weighted by Gasteiger charge is 2.19. The Hall–Kier alpha value is -1.80. The van der Waals surface area contributed by atoms with E-state index in [1.54, 1.807) is 17.8 Å². The number of carbonyl (C=O) groups excluding carboxylic acids is 1. The molecule has 2 aromatic carbocycles. The molecular formula is C20H23Cl2FN4OS. The second kappa shape index (κ2) is 10.3. The van der Waals surface area contributed by atoms with Crippen molar-refractivity contribution < 1.29 is 9.18 Å². The van der Waals surface area contributed by atoms with Gasteiger partial charge in [0.25, 0.3) is 0 Å². The van der Waals surface area contributed by atoms with Gasteiger partial charge in [0.1, 0.15) is 18.2 Å². The van der Waals surface area contributed by atoms with Gasteiger partial charge in [0.05, 0.1) is 22.5 Å². The summed E-state index contributed by atoms with van der Waals surface area (Å²) in [6, 6.07) is 11.3. The molecule has 0 unspecified atom stereocenters. The first-order valence-corrected chi connectivity index (χ1v) is 10.3. The van der Waals surface area contributed by atoms with Crippen molar-refractivity contribution in [3.8, 4) is 0 Å². The number of nitrogens with zero attached hydrogens (tertiary/aromatic N) is 2. The first kappa shape index (κ1) is 23.5. The molecule has 29 heavy (non-hydrogen) atoms. The van der Waals surface area contributed by atoms with E-state index < -0.39 is 0 Å². The Morgan fingerprint density at radius 1 is 1.28 bits per heavy atom. The SMILES string of the molecule is CSCc1nc2ccccc2n1CC(=O)Nc1ccc2c(c1F)CCNC2.Cl.Cl. The van der Waals surface area contributed by atoms with Gasteiger partial charge in [0.2, 0.25) is 5.91 Å². The third-order valence-electron chi connectivity index (χ3n) is 4.79. The largest absolute Gasteiger partial charge is 0.322 e. The molecule has 0 aliphatic carbocycles. The number of imidazole rings is 1. The van der Waals surface area contributed by atoms with Crippen LogP contribution in [0.2, 0.25) is 0 Å². The van der Waals surface area contributed by atoms with E-state index in [1.165, 1.54) is 0 Å². The van der Waals surface area contributed by atoms with Crippen LogP contribution >= 0.6 is 36.6 Å². The highest BCUT2D eigenvalue weighted by atomic mass is 35.5. The lowest BCUT2D eigenvalue weighted by molar-refractivity contribution is -0.116.